The van der Waals surface area contributed by atoms with E-state index in [-0.39, 0.29) is 6.42 Å². The van der Waals surface area contributed by atoms with Gasteiger partial charge in [-0.05, 0) is 12.8 Å². The molecule has 1 N–H and O–H groups in total. The van der Waals surface area contributed by atoms with Gasteiger partial charge in [0, 0.05) is 0 Å². The molecule has 0 aromatic heterocycles. The minimum absolute atomic E-state index is 0.152. The van der Waals surface area contributed by atoms with Gasteiger partial charge in [0.1, 0.15) is 5.92 Å². The van der Waals surface area contributed by atoms with Gasteiger partial charge in [-0.3, -0.25) is 4.79 Å². The third-order valence-corrected chi connectivity index (χ3v) is 1.62. The molecule has 0 fully saturated rings. The molecule has 0 bridgehead atoms. The molecule has 0 saturated carbocycles. The number of ether oxygens (including phenoxy) is 1. The summed E-state index contributed by atoms with van der Waals surface area (Å²) in [6, 6.07) is 1.78. The van der Waals surface area contributed by atoms with Crippen molar-refractivity contribution >= 4 is 5.97 Å². The lowest BCUT2D eigenvalue weighted by Gasteiger charge is -2.10. The van der Waals surface area contributed by atoms with Crippen LogP contribution in [0.1, 0.15) is 19.8 Å². The molecule has 0 aliphatic carbocycles. The highest BCUT2D eigenvalue weighted by atomic mass is 16.5. The number of hydrogen-bond donors (Lipinski definition) is 1. The second-order valence-electron chi connectivity index (χ2n) is 2.50. The zero-order valence-corrected chi connectivity index (χ0v) is 7.28. The van der Waals surface area contributed by atoms with Gasteiger partial charge in [-0.2, -0.15) is 5.26 Å². The van der Waals surface area contributed by atoms with Gasteiger partial charge in [-0.1, -0.05) is 6.92 Å². The maximum Gasteiger partial charge on any atom is 0.323 e. The van der Waals surface area contributed by atoms with Crippen molar-refractivity contribution in [1.29, 1.82) is 5.26 Å². The highest BCUT2D eigenvalue weighted by Gasteiger charge is 2.21. The molecule has 0 saturated heterocycles. The zero-order valence-electron chi connectivity index (χ0n) is 7.28. The van der Waals surface area contributed by atoms with Gasteiger partial charge in [-0.25, -0.2) is 0 Å². The summed E-state index contributed by atoms with van der Waals surface area (Å²) in [6.45, 7) is 1.79. The average molecular weight is 171 g/mol. The van der Waals surface area contributed by atoms with E-state index in [1.807, 2.05) is 0 Å². The Morgan fingerprint density at radius 1 is 1.75 bits per heavy atom. The summed E-state index contributed by atoms with van der Waals surface area (Å²) < 4.78 is 4.38. The number of hydrogen-bond acceptors (Lipinski definition) is 4. The predicted molar refractivity (Wildman–Crippen MR) is 42.0 cm³/mol. The average Bonchev–Trinajstić information content (AvgIpc) is 2.12. The molecular formula is C8H13NO3. The molecule has 0 aromatic carbocycles. The summed E-state index contributed by atoms with van der Waals surface area (Å²) in [6.07, 6.45) is 0.0863. The second-order valence-corrected chi connectivity index (χ2v) is 2.50. The number of nitrogens with zero attached hydrogens (tertiary/aromatic N) is 1. The Morgan fingerprint density at radius 3 is 2.67 bits per heavy atom. The van der Waals surface area contributed by atoms with Gasteiger partial charge in [0.2, 0.25) is 0 Å². The van der Waals surface area contributed by atoms with E-state index in [0.717, 1.165) is 0 Å². The fraction of sp³-hybridized carbons (Fsp3) is 0.750. The molecular weight excluding hydrogens is 158 g/mol. The molecule has 0 unspecified atom stereocenters. The number of esters is 1. The van der Waals surface area contributed by atoms with Crippen LogP contribution in [0.25, 0.3) is 0 Å². The van der Waals surface area contributed by atoms with Crippen molar-refractivity contribution < 1.29 is 14.6 Å². The minimum Gasteiger partial charge on any atom is -0.468 e. The minimum atomic E-state index is -0.843. The van der Waals surface area contributed by atoms with Crippen LogP contribution in [0.5, 0.6) is 0 Å². The van der Waals surface area contributed by atoms with Crippen molar-refractivity contribution in [3.8, 4) is 6.07 Å². The molecule has 0 amide bonds. The van der Waals surface area contributed by atoms with Crippen molar-refractivity contribution in [1.82, 2.24) is 0 Å². The summed E-state index contributed by atoms with van der Waals surface area (Å²) >= 11 is 0. The molecule has 4 nitrogen and oxygen atoms in total. The first-order chi connectivity index (χ1) is 5.65. The molecule has 0 aliphatic rings. The first kappa shape index (κ1) is 10.9. The van der Waals surface area contributed by atoms with E-state index in [1.54, 1.807) is 13.0 Å². The lowest BCUT2D eigenvalue weighted by Crippen LogP contribution is -2.20. The first-order valence-electron chi connectivity index (χ1n) is 3.81. The van der Waals surface area contributed by atoms with Crippen LogP contribution in [-0.2, 0) is 9.53 Å². The monoisotopic (exact) mass is 171 g/mol. The number of rotatable bonds is 4. The fourth-order valence-corrected chi connectivity index (χ4v) is 0.783. The number of aliphatic hydroxyl groups excluding tert-OH is 1. The molecule has 2 atom stereocenters. The Balaban J connectivity index is 4.02. The van der Waals surface area contributed by atoms with Gasteiger partial charge in [0.05, 0.1) is 19.3 Å². The maximum absolute atomic E-state index is 10.8. The van der Waals surface area contributed by atoms with Gasteiger partial charge in [0.25, 0.3) is 0 Å². The Hall–Kier alpha value is -1.08. The summed E-state index contributed by atoms with van der Waals surface area (Å²) in [7, 11) is 1.23. The molecule has 0 rings (SSSR count). The molecule has 68 valence electrons. The number of aliphatic hydroxyl groups is 1. The van der Waals surface area contributed by atoms with Gasteiger partial charge < -0.3 is 9.84 Å². The fourth-order valence-electron chi connectivity index (χ4n) is 0.783. The third kappa shape index (κ3) is 3.35. The molecule has 0 spiro atoms. The van der Waals surface area contributed by atoms with Gasteiger partial charge in [-0.15, -0.1) is 0 Å². The van der Waals surface area contributed by atoms with Crippen molar-refractivity contribution in [3.63, 3.8) is 0 Å². The normalized spacial score (nSPS) is 14.5. The summed E-state index contributed by atoms with van der Waals surface area (Å²) in [5, 5.41) is 17.7. The Labute approximate surface area is 71.8 Å². The van der Waals surface area contributed by atoms with Crippen LogP contribution in [0.2, 0.25) is 0 Å². The largest absolute Gasteiger partial charge is 0.468 e. The van der Waals surface area contributed by atoms with Crippen LogP contribution in [-0.4, -0.2) is 24.3 Å². The van der Waals surface area contributed by atoms with Crippen molar-refractivity contribution in [2.45, 2.75) is 25.9 Å². The highest BCUT2D eigenvalue weighted by Crippen LogP contribution is 2.09. The van der Waals surface area contributed by atoms with Crippen LogP contribution < -0.4 is 0 Å². The number of methoxy groups -OCH3 is 1. The quantitative estimate of drug-likeness (QED) is 0.624. The lowest BCUT2D eigenvalue weighted by atomic mass is 10.0. The van der Waals surface area contributed by atoms with Crippen LogP contribution >= 0.6 is 0 Å². The Morgan fingerprint density at radius 2 is 2.33 bits per heavy atom. The second kappa shape index (κ2) is 5.56. The van der Waals surface area contributed by atoms with Crippen molar-refractivity contribution in [2.75, 3.05) is 7.11 Å². The van der Waals surface area contributed by atoms with E-state index in [1.165, 1.54) is 7.11 Å². The van der Waals surface area contributed by atoms with E-state index in [4.69, 9.17) is 10.4 Å². The van der Waals surface area contributed by atoms with Crippen molar-refractivity contribution in [2.24, 2.45) is 5.92 Å². The van der Waals surface area contributed by atoms with E-state index in [2.05, 4.69) is 4.74 Å². The van der Waals surface area contributed by atoms with Crippen LogP contribution in [0, 0.1) is 17.2 Å². The Kier molecular flexibility index (Phi) is 5.06. The van der Waals surface area contributed by atoms with E-state index in [9.17, 15) is 4.79 Å². The van der Waals surface area contributed by atoms with Crippen LogP contribution in [0.4, 0.5) is 0 Å². The molecule has 12 heavy (non-hydrogen) atoms. The maximum atomic E-state index is 10.8. The Bertz CT molecular complexity index is 185. The van der Waals surface area contributed by atoms with Crippen LogP contribution in [0.15, 0.2) is 0 Å². The van der Waals surface area contributed by atoms with E-state index < -0.39 is 18.0 Å². The SMILES string of the molecule is CC[C@@H](O)C[C@H](C#N)C(=O)OC. The molecule has 0 aromatic rings. The third-order valence-electron chi connectivity index (χ3n) is 1.62. The summed E-state index contributed by atoms with van der Waals surface area (Å²) in [5.41, 5.74) is 0. The number of nitriles is 1. The van der Waals surface area contributed by atoms with Gasteiger partial charge >= 0.3 is 5.97 Å². The zero-order chi connectivity index (χ0) is 9.56. The lowest BCUT2D eigenvalue weighted by molar-refractivity contribution is -0.144. The van der Waals surface area contributed by atoms with Gasteiger partial charge in [0.15, 0.2) is 0 Å². The standard InChI is InChI=1S/C8H13NO3/c1-3-7(10)4-6(5-9)8(11)12-2/h6-7,10H,3-4H2,1-2H3/t6-,7-/m1/s1. The predicted octanol–water partition coefficient (Wildman–Crippen LogP) is 0.460. The first-order valence-corrected chi connectivity index (χ1v) is 3.81. The smallest absolute Gasteiger partial charge is 0.323 e. The highest BCUT2D eigenvalue weighted by molar-refractivity contribution is 5.74. The topological polar surface area (TPSA) is 70.3 Å². The molecule has 0 aliphatic heterocycles. The molecule has 4 heteroatoms. The summed E-state index contributed by atoms with van der Waals surface area (Å²) in [5.74, 6) is -1.42. The summed E-state index contributed by atoms with van der Waals surface area (Å²) in [4.78, 5) is 10.8. The van der Waals surface area contributed by atoms with Crippen molar-refractivity contribution in [3.05, 3.63) is 0 Å². The van der Waals surface area contributed by atoms with E-state index >= 15 is 0 Å². The van der Waals surface area contributed by atoms with E-state index in [0.29, 0.717) is 6.42 Å². The van der Waals surface area contributed by atoms with Crippen LogP contribution in [0.3, 0.4) is 0 Å². The molecule has 0 radical (unpaired) electrons. The molecule has 0 heterocycles. The number of carbonyl (C=O) groups excluding carboxylic acids is 1. The number of carbonyl (C=O) groups is 1.